The lowest BCUT2D eigenvalue weighted by molar-refractivity contribution is 0.238. The van der Waals surface area contributed by atoms with E-state index >= 15 is 0 Å². The van der Waals surface area contributed by atoms with Crippen LogP contribution in [0.25, 0.3) is 0 Å². The van der Waals surface area contributed by atoms with E-state index in [9.17, 15) is 0 Å². The minimum atomic E-state index is 0.244. The van der Waals surface area contributed by atoms with Gasteiger partial charge in [-0.2, -0.15) is 0 Å². The number of rotatable bonds is 3. The number of hydrogen-bond donors (Lipinski definition) is 1. The van der Waals surface area contributed by atoms with E-state index in [1.807, 2.05) is 6.07 Å². The molecule has 1 N–H and O–H groups in total. The quantitative estimate of drug-likeness (QED) is 0.938. The van der Waals surface area contributed by atoms with Crippen molar-refractivity contribution in [2.24, 2.45) is 5.92 Å². The molecule has 3 unspecified atom stereocenters. The fourth-order valence-corrected chi connectivity index (χ4v) is 3.93. The fraction of sp³-hybridized carbons (Fsp3) is 0.444. The first kappa shape index (κ1) is 13.1. The summed E-state index contributed by atoms with van der Waals surface area (Å²) >= 11 is 0. The van der Waals surface area contributed by atoms with Crippen LogP contribution in [0.4, 0.5) is 0 Å². The summed E-state index contributed by atoms with van der Waals surface area (Å²) in [6.07, 6.45) is 4.45. The molecule has 2 aromatic rings. The summed E-state index contributed by atoms with van der Waals surface area (Å²) in [6, 6.07) is 15.7. The van der Waals surface area contributed by atoms with Crippen molar-refractivity contribution >= 4 is 0 Å². The molecule has 1 aromatic carbocycles. The maximum Gasteiger partial charge on any atom is 0.125 e. The van der Waals surface area contributed by atoms with Crippen LogP contribution < -0.4 is 5.32 Å². The zero-order valence-electron chi connectivity index (χ0n) is 12.2. The predicted octanol–water partition coefficient (Wildman–Crippen LogP) is 3.05. The molecular weight excluding hydrogens is 260 g/mol. The number of furan rings is 1. The Morgan fingerprint density at radius 2 is 2.00 bits per heavy atom. The molecule has 0 amide bonds. The molecule has 0 saturated carbocycles. The monoisotopic (exact) mass is 282 g/mol. The Balaban J connectivity index is 1.64. The molecule has 1 aromatic heterocycles. The van der Waals surface area contributed by atoms with Crippen LogP contribution in [-0.4, -0.2) is 30.6 Å². The van der Waals surface area contributed by atoms with E-state index < -0.39 is 0 Å². The first-order valence-corrected chi connectivity index (χ1v) is 7.97. The van der Waals surface area contributed by atoms with E-state index in [2.05, 4.69) is 46.6 Å². The maximum absolute atomic E-state index is 5.75. The van der Waals surface area contributed by atoms with Crippen LogP contribution in [0.3, 0.4) is 0 Å². The van der Waals surface area contributed by atoms with Crippen LogP contribution in [0.2, 0.25) is 0 Å². The molecule has 3 heterocycles. The Morgan fingerprint density at radius 1 is 1.10 bits per heavy atom. The second-order valence-corrected chi connectivity index (χ2v) is 6.25. The zero-order valence-corrected chi connectivity index (χ0v) is 12.2. The van der Waals surface area contributed by atoms with Gasteiger partial charge in [0, 0.05) is 19.1 Å². The molecule has 0 bridgehead atoms. The summed E-state index contributed by atoms with van der Waals surface area (Å²) in [6.45, 7) is 3.45. The van der Waals surface area contributed by atoms with Crippen LogP contribution >= 0.6 is 0 Å². The molecule has 3 atom stereocenters. The van der Waals surface area contributed by atoms with E-state index in [1.165, 1.54) is 24.9 Å². The Bertz CT molecular complexity index is 552. The molecule has 0 aliphatic carbocycles. The lowest BCUT2D eigenvalue weighted by Crippen LogP contribution is -2.40. The topological polar surface area (TPSA) is 28.4 Å². The molecule has 0 spiro atoms. The number of nitrogens with one attached hydrogen (secondary N) is 1. The van der Waals surface area contributed by atoms with E-state index in [-0.39, 0.29) is 6.04 Å². The largest absolute Gasteiger partial charge is 0.467 e. The SMILES string of the molecule is c1ccc(C(c2ccco2)N2CC3CCCNC3C2)cc1. The normalized spacial score (nSPS) is 27.4. The highest BCUT2D eigenvalue weighted by Crippen LogP contribution is 2.35. The average Bonchev–Trinajstić information content (AvgIpc) is 3.18. The second-order valence-electron chi connectivity index (χ2n) is 6.25. The number of nitrogens with zero attached hydrogens (tertiary/aromatic N) is 1. The smallest absolute Gasteiger partial charge is 0.125 e. The maximum atomic E-state index is 5.75. The van der Waals surface area contributed by atoms with Crippen LogP contribution in [-0.2, 0) is 0 Å². The average molecular weight is 282 g/mol. The Morgan fingerprint density at radius 3 is 2.76 bits per heavy atom. The first-order chi connectivity index (χ1) is 10.4. The molecule has 2 aliphatic rings. The van der Waals surface area contributed by atoms with Gasteiger partial charge in [-0.25, -0.2) is 0 Å². The molecule has 4 rings (SSSR count). The van der Waals surface area contributed by atoms with Crippen molar-refractivity contribution < 1.29 is 4.42 Å². The molecule has 2 fully saturated rings. The van der Waals surface area contributed by atoms with Gasteiger partial charge in [-0.15, -0.1) is 0 Å². The van der Waals surface area contributed by atoms with Crippen molar-refractivity contribution in [1.29, 1.82) is 0 Å². The van der Waals surface area contributed by atoms with E-state index in [1.54, 1.807) is 6.26 Å². The number of hydrogen-bond acceptors (Lipinski definition) is 3. The number of likely N-dealkylation sites (tertiary alicyclic amines) is 1. The third-order valence-corrected chi connectivity index (χ3v) is 4.92. The van der Waals surface area contributed by atoms with Crippen LogP contribution in [0, 0.1) is 5.92 Å². The van der Waals surface area contributed by atoms with Gasteiger partial charge in [0.05, 0.1) is 12.3 Å². The van der Waals surface area contributed by atoms with Crippen molar-refractivity contribution in [2.75, 3.05) is 19.6 Å². The van der Waals surface area contributed by atoms with Gasteiger partial charge in [0.25, 0.3) is 0 Å². The number of piperidine rings is 1. The highest BCUT2D eigenvalue weighted by Gasteiger charge is 2.38. The molecule has 0 radical (unpaired) electrons. The standard InChI is InChI=1S/C18H22N2O/c1-2-6-14(7-3-1)18(17-9-5-11-21-17)20-12-15-8-4-10-19-16(15)13-20/h1-3,5-7,9,11,15-16,18-19H,4,8,10,12-13H2. The predicted molar refractivity (Wildman–Crippen MR) is 83.1 cm³/mol. The van der Waals surface area contributed by atoms with Gasteiger partial charge in [-0.05, 0) is 43.0 Å². The van der Waals surface area contributed by atoms with Gasteiger partial charge < -0.3 is 9.73 Å². The van der Waals surface area contributed by atoms with Gasteiger partial charge in [0.2, 0.25) is 0 Å². The van der Waals surface area contributed by atoms with Gasteiger partial charge in [-0.3, -0.25) is 4.90 Å². The van der Waals surface area contributed by atoms with Crippen molar-refractivity contribution in [3.05, 3.63) is 60.1 Å². The lowest BCUT2D eigenvalue weighted by atomic mass is 9.94. The minimum Gasteiger partial charge on any atom is -0.467 e. The zero-order chi connectivity index (χ0) is 14.1. The van der Waals surface area contributed by atoms with Gasteiger partial charge >= 0.3 is 0 Å². The molecule has 3 nitrogen and oxygen atoms in total. The second kappa shape index (κ2) is 5.66. The molecule has 3 heteroatoms. The number of fused-ring (bicyclic) bond motifs is 1. The molecule has 2 saturated heterocycles. The summed E-state index contributed by atoms with van der Waals surface area (Å²) in [4.78, 5) is 2.59. The third-order valence-electron chi connectivity index (χ3n) is 4.92. The Hall–Kier alpha value is -1.58. The van der Waals surface area contributed by atoms with Gasteiger partial charge in [0.1, 0.15) is 5.76 Å². The summed E-state index contributed by atoms with van der Waals surface area (Å²) in [5, 5.41) is 3.69. The Labute approximate surface area is 126 Å². The molecule has 2 aliphatic heterocycles. The van der Waals surface area contributed by atoms with Crippen molar-refractivity contribution in [3.8, 4) is 0 Å². The minimum absolute atomic E-state index is 0.244. The van der Waals surface area contributed by atoms with Crippen LogP contribution in [0.5, 0.6) is 0 Å². The molecular formula is C18H22N2O. The third kappa shape index (κ3) is 2.52. The van der Waals surface area contributed by atoms with Crippen molar-refractivity contribution in [3.63, 3.8) is 0 Å². The molecule has 21 heavy (non-hydrogen) atoms. The highest BCUT2D eigenvalue weighted by atomic mass is 16.3. The fourth-order valence-electron chi connectivity index (χ4n) is 3.93. The van der Waals surface area contributed by atoms with Gasteiger partial charge in [-0.1, -0.05) is 30.3 Å². The summed E-state index contributed by atoms with van der Waals surface area (Å²) in [5.41, 5.74) is 1.33. The molecule has 110 valence electrons. The summed E-state index contributed by atoms with van der Waals surface area (Å²) in [7, 11) is 0. The lowest BCUT2D eigenvalue weighted by Gasteiger charge is -2.26. The first-order valence-electron chi connectivity index (χ1n) is 7.97. The Kier molecular flexibility index (Phi) is 3.53. The summed E-state index contributed by atoms with van der Waals surface area (Å²) < 4.78 is 5.75. The highest BCUT2D eigenvalue weighted by molar-refractivity contribution is 5.27. The van der Waals surface area contributed by atoms with Gasteiger partial charge in [0.15, 0.2) is 0 Å². The van der Waals surface area contributed by atoms with E-state index in [4.69, 9.17) is 4.42 Å². The van der Waals surface area contributed by atoms with Crippen LogP contribution in [0.15, 0.2) is 53.1 Å². The van der Waals surface area contributed by atoms with Crippen molar-refractivity contribution in [2.45, 2.75) is 24.9 Å². The van der Waals surface area contributed by atoms with Crippen LogP contribution in [0.1, 0.15) is 30.2 Å². The van der Waals surface area contributed by atoms with E-state index in [0.717, 1.165) is 24.8 Å². The summed E-state index contributed by atoms with van der Waals surface area (Å²) in [5.74, 6) is 1.85. The number of benzene rings is 1. The van der Waals surface area contributed by atoms with Crippen molar-refractivity contribution in [1.82, 2.24) is 10.2 Å². The van der Waals surface area contributed by atoms with E-state index in [0.29, 0.717) is 6.04 Å².